The number of aromatic nitrogens is 1. The third-order valence-electron chi connectivity index (χ3n) is 5.42. The van der Waals surface area contributed by atoms with Gasteiger partial charge in [0.05, 0.1) is 32.9 Å². The molecule has 7 nitrogen and oxygen atoms in total. The van der Waals surface area contributed by atoms with E-state index in [1.807, 2.05) is 12.1 Å². The zero-order valence-corrected chi connectivity index (χ0v) is 23.4. The molecule has 36 heavy (non-hydrogen) atoms. The molecule has 1 atom stereocenters. The molecular weight excluding hydrogens is 612 g/mol. The third-order valence-corrected chi connectivity index (χ3v) is 7.47. The molecule has 0 aliphatic carbocycles. The zero-order valence-electron chi connectivity index (χ0n) is 19.5. The van der Waals surface area contributed by atoms with E-state index in [4.69, 9.17) is 9.47 Å². The van der Waals surface area contributed by atoms with Crippen molar-refractivity contribution in [2.45, 2.75) is 19.9 Å². The second-order valence-corrected chi connectivity index (χ2v) is 10.6. The number of esters is 1. The molecule has 0 spiro atoms. The number of benzene rings is 2. The number of allylic oxidation sites excluding steroid dienone is 1. The van der Waals surface area contributed by atoms with E-state index < -0.39 is 12.0 Å². The molecule has 0 radical (unpaired) electrons. The van der Waals surface area contributed by atoms with E-state index in [2.05, 4.69) is 43.4 Å². The summed E-state index contributed by atoms with van der Waals surface area (Å²) in [5.41, 5.74) is 1.61. The lowest BCUT2D eigenvalue weighted by Gasteiger charge is -2.24. The quantitative estimate of drug-likeness (QED) is 0.304. The molecule has 2 aromatic carbocycles. The van der Waals surface area contributed by atoms with Crippen LogP contribution in [0.3, 0.4) is 0 Å². The average molecular weight is 634 g/mol. The number of nitrogens with zero attached hydrogens (tertiary/aromatic N) is 2. The topological polar surface area (TPSA) is 90.1 Å². The number of thiazole rings is 1. The van der Waals surface area contributed by atoms with Gasteiger partial charge in [-0.15, -0.1) is 0 Å². The lowest BCUT2D eigenvalue weighted by molar-refractivity contribution is -0.139. The average Bonchev–Trinajstić information content (AvgIpc) is 3.14. The molecule has 0 bridgehead atoms. The molecule has 0 fully saturated rings. The molecule has 0 amide bonds. The number of phenols is 1. The lowest BCUT2D eigenvalue weighted by atomic mass is 9.96. The van der Waals surface area contributed by atoms with Crippen molar-refractivity contribution in [2.75, 3.05) is 13.2 Å². The SMILES string of the molecule is C=CCOc1ccc([C@H]2C(C(=O)OCC)=C(C)N=c3s/c(=C\c4cc(Br)cc(Br)c4O)c(=O)n32)cc1. The van der Waals surface area contributed by atoms with Crippen molar-refractivity contribution in [3.05, 3.63) is 100 Å². The Morgan fingerprint density at radius 1 is 1.28 bits per heavy atom. The standard InChI is InChI=1S/C26H22Br2N2O5S/c1-4-10-35-18-8-6-15(7-9-18)22-21(25(33)34-5-2)14(3)29-26-30(22)24(32)20(36-26)12-16-11-17(27)13-19(28)23(16)31/h4,6-9,11-13,22,31H,1,5,10H2,2-3H3/b20-12-/t22-/m0/s1. The number of carbonyl (C=O) groups is 1. The lowest BCUT2D eigenvalue weighted by Crippen LogP contribution is -2.39. The van der Waals surface area contributed by atoms with E-state index in [1.54, 1.807) is 50.3 Å². The number of hydrogen-bond donors (Lipinski definition) is 1. The van der Waals surface area contributed by atoms with Crippen LogP contribution in [-0.2, 0) is 9.53 Å². The number of rotatable bonds is 7. The predicted octanol–water partition coefficient (Wildman–Crippen LogP) is 4.59. The Bertz CT molecular complexity index is 1550. The largest absolute Gasteiger partial charge is 0.506 e. The molecule has 1 aromatic heterocycles. The maximum Gasteiger partial charge on any atom is 0.338 e. The second kappa shape index (κ2) is 11.0. The highest BCUT2D eigenvalue weighted by molar-refractivity contribution is 9.11. The molecular formula is C26H22Br2N2O5S. The molecule has 1 aliphatic rings. The van der Waals surface area contributed by atoms with E-state index in [9.17, 15) is 14.7 Å². The van der Waals surface area contributed by atoms with Crippen LogP contribution in [0.4, 0.5) is 0 Å². The number of aromatic hydroxyl groups is 1. The van der Waals surface area contributed by atoms with Crippen molar-refractivity contribution in [1.29, 1.82) is 0 Å². The Labute approximate surface area is 228 Å². The van der Waals surface area contributed by atoms with Crippen LogP contribution >= 0.6 is 43.2 Å². The molecule has 3 aromatic rings. The van der Waals surface area contributed by atoms with Crippen LogP contribution in [-0.4, -0.2) is 28.9 Å². The summed E-state index contributed by atoms with van der Waals surface area (Å²) in [5.74, 6) is 0.123. The van der Waals surface area contributed by atoms with Gasteiger partial charge in [0.1, 0.15) is 18.1 Å². The number of halogens is 2. The van der Waals surface area contributed by atoms with Crippen LogP contribution in [0.1, 0.15) is 31.0 Å². The monoisotopic (exact) mass is 632 g/mol. The van der Waals surface area contributed by atoms with E-state index >= 15 is 0 Å². The maximum absolute atomic E-state index is 13.7. The van der Waals surface area contributed by atoms with E-state index in [1.165, 1.54) is 15.9 Å². The summed E-state index contributed by atoms with van der Waals surface area (Å²) in [6, 6.07) is 9.89. The maximum atomic E-state index is 13.7. The van der Waals surface area contributed by atoms with E-state index in [0.717, 1.165) is 4.47 Å². The second-order valence-electron chi connectivity index (χ2n) is 7.80. The van der Waals surface area contributed by atoms with Crippen molar-refractivity contribution in [3.63, 3.8) is 0 Å². The molecule has 186 valence electrons. The molecule has 1 N–H and O–H groups in total. The van der Waals surface area contributed by atoms with Crippen molar-refractivity contribution in [2.24, 2.45) is 4.99 Å². The van der Waals surface area contributed by atoms with Gasteiger partial charge in [0, 0.05) is 10.0 Å². The van der Waals surface area contributed by atoms with Gasteiger partial charge in [-0.2, -0.15) is 0 Å². The molecule has 4 rings (SSSR count). The first-order valence-corrected chi connectivity index (χ1v) is 13.4. The van der Waals surface area contributed by atoms with Gasteiger partial charge in [0.25, 0.3) is 5.56 Å². The summed E-state index contributed by atoms with van der Waals surface area (Å²) < 4.78 is 14.0. The highest BCUT2D eigenvalue weighted by atomic mass is 79.9. The summed E-state index contributed by atoms with van der Waals surface area (Å²) in [6.07, 6.45) is 3.26. The van der Waals surface area contributed by atoms with Crippen LogP contribution in [0.15, 0.2) is 79.1 Å². The Morgan fingerprint density at radius 3 is 2.67 bits per heavy atom. The van der Waals surface area contributed by atoms with Gasteiger partial charge in [0.15, 0.2) is 4.80 Å². The molecule has 0 unspecified atom stereocenters. The van der Waals surface area contributed by atoms with Gasteiger partial charge in [-0.05, 0) is 65.7 Å². The minimum Gasteiger partial charge on any atom is -0.506 e. The van der Waals surface area contributed by atoms with Crippen LogP contribution in [0.5, 0.6) is 11.5 Å². The summed E-state index contributed by atoms with van der Waals surface area (Å²) in [5, 5.41) is 10.5. The molecule has 10 heteroatoms. The minimum atomic E-state index is -0.737. The smallest absolute Gasteiger partial charge is 0.338 e. The normalized spacial score (nSPS) is 15.3. The van der Waals surface area contributed by atoms with Crippen molar-refractivity contribution in [1.82, 2.24) is 4.57 Å². The highest BCUT2D eigenvalue weighted by Crippen LogP contribution is 2.33. The number of ether oxygens (including phenoxy) is 2. The van der Waals surface area contributed by atoms with Crippen LogP contribution in [0.25, 0.3) is 6.08 Å². The first-order chi connectivity index (χ1) is 17.2. The van der Waals surface area contributed by atoms with Crippen LogP contribution in [0, 0.1) is 0 Å². The molecule has 1 aliphatic heterocycles. The number of hydrogen-bond acceptors (Lipinski definition) is 7. The summed E-state index contributed by atoms with van der Waals surface area (Å²) in [7, 11) is 0. The van der Waals surface area contributed by atoms with Crippen LogP contribution in [0.2, 0.25) is 0 Å². The number of fused-ring (bicyclic) bond motifs is 1. The van der Waals surface area contributed by atoms with Crippen molar-refractivity contribution >= 4 is 55.2 Å². The van der Waals surface area contributed by atoms with Gasteiger partial charge in [-0.1, -0.05) is 52.1 Å². The van der Waals surface area contributed by atoms with Crippen molar-refractivity contribution in [3.8, 4) is 11.5 Å². The summed E-state index contributed by atoms with van der Waals surface area (Å²) in [6.45, 7) is 7.66. The van der Waals surface area contributed by atoms with Gasteiger partial charge >= 0.3 is 5.97 Å². The zero-order chi connectivity index (χ0) is 26.0. The van der Waals surface area contributed by atoms with Crippen LogP contribution < -0.4 is 19.6 Å². The molecule has 0 saturated carbocycles. The molecule has 2 heterocycles. The highest BCUT2D eigenvalue weighted by Gasteiger charge is 2.33. The Hall–Kier alpha value is -2.95. The first kappa shape index (κ1) is 26.1. The number of carbonyl (C=O) groups excluding carboxylic acids is 1. The van der Waals surface area contributed by atoms with Gasteiger partial charge in [-0.3, -0.25) is 9.36 Å². The fourth-order valence-corrected chi connectivity index (χ4v) is 6.14. The van der Waals surface area contributed by atoms with Crippen molar-refractivity contribution < 1.29 is 19.4 Å². The van der Waals surface area contributed by atoms with Gasteiger partial charge < -0.3 is 14.6 Å². The summed E-state index contributed by atoms with van der Waals surface area (Å²) in [4.78, 5) is 31.7. The van der Waals surface area contributed by atoms with E-state index in [-0.39, 0.29) is 17.9 Å². The number of phenolic OH excluding ortho intramolecular Hbond substituents is 1. The molecule has 0 saturated heterocycles. The third kappa shape index (κ3) is 5.11. The first-order valence-electron chi connectivity index (χ1n) is 11.0. The van der Waals surface area contributed by atoms with E-state index in [0.29, 0.717) is 48.6 Å². The predicted molar refractivity (Wildman–Crippen MR) is 146 cm³/mol. The Kier molecular flexibility index (Phi) is 7.97. The Morgan fingerprint density at radius 2 is 2.00 bits per heavy atom. The minimum absolute atomic E-state index is 0.0130. The fraction of sp³-hybridized carbons (Fsp3) is 0.192. The fourth-order valence-electron chi connectivity index (χ4n) is 3.85. The summed E-state index contributed by atoms with van der Waals surface area (Å²) >= 11 is 7.92. The van der Waals surface area contributed by atoms with Gasteiger partial charge in [-0.25, -0.2) is 9.79 Å². The van der Waals surface area contributed by atoms with Gasteiger partial charge in [0.2, 0.25) is 0 Å². The Balaban J connectivity index is 1.92.